The molecule has 0 bridgehead atoms. The zero-order valence-corrected chi connectivity index (χ0v) is 9.92. The molecule has 2 atom stereocenters. The number of benzene rings is 1. The summed E-state index contributed by atoms with van der Waals surface area (Å²) in [7, 11) is 0. The predicted octanol–water partition coefficient (Wildman–Crippen LogP) is 1.99. The Morgan fingerprint density at radius 1 is 1.41 bits per heavy atom. The standard InChI is InChI=1S/C13H15NO3/c1-3-16-13(15)12-9(2)11(14-17-12)10-7-5-4-6-8-10/h4-9,12H,3H2,1-2H3/t9-,12-/m1/s1. The van der Waals surface area contributed by atoms with Gasteiger partial charge in [0.05, 0.1) is 18.2 Å². The van der Waals surface area contributed by atoms with Crippen LogP contribution in [0.5, 0.6) is 0 Å². The summed E-state index contributed by atoms with van der Waals surface area (Å²) in [6, 6.07) is 9.70. The molecule has 1 aromatic carbocycles. The first-order valence-electron chi connectivity index (χ1n) is 5.69. The average Bonchev–Trinajstić information content (AvgIpc) is 2.72. The van der Waals surface area contributed by atoms with E-state index in [2.05, 4.69) is 5.16 Å². The van der Waals surface area contributed by atoms with E-state index in [4.69, 9.17) is 9.57 Å². The van der Waals surface area contributed by atoms with Gasteiger partial charge in [-0.1, -0.05) is 42.4 Å². The number of oxime groups is 1. The van der Waals surface area contributed by atoms with Crippen LogP contribution in [0.4, 0.5) is 0 Å². The maximum atomic E-state index is 11.6. The minimum Gasteiger partial charge on any atom is -0.463 e. The minimum absolute atomic E-state index is 0.0866. The molecule has 17 heavy (non-hydrogen) atoms. The summed E-state index contributed by atoms with van der Waals surface area (Å²) >= 11 is 0. The number of carbonyl (C=O) groups is 1. The molecule has 0 aromatic heterocycles. The molecular formula is C13H15NO3. The van der Waals surface area contributed by atoms with Crippen molar-refractivity contribution in [1.29, 1.82) is 0 Å². The predicted molar refractivity (Wildman–Crippen MR) is 63.6 cm³/mol. The summed E-state index contributed by atoms with van der Waals surface area (Å²) in [6.07, 6.45) is -0.620. The first kappa shape index (κ1) is 11.6. The highest BCUT2D eigenvalue weighted by atomic mass is 16.7. The van der Waals surface area contributed by atoms with Crippen molar-refractivity contribution in [3.05, 3.63) is 35.9 Å². The van der Waals surface area contributed by atoms with Gasteiger partial charge in [0.2, 0.25) is 6.10 Å². The Labute approximate surface area is 100 Å². The third kappa shape index (κ3) is 2.30. The van der Waals surface area contributed by atoms with Crippen molar-refractivity contribution in [1.82, 2.24) is 0 Å². The van der Waals surface area contributed by atoms with Crippen molar-refractivity contribution < 1.29 is 14.4 Å². The number of rotatable bonds is 3. The first-order chi connectivity index (χ1) is 8.24. The van der Waals surface area contributed by atoms with Gasteiger partial charge in [0.15, 0.2) is 0 Å². The lowest BCUT2D eigenvalue weighted by Crippen LogP contribution is -2.31. The molecule has 4 heteroatoms. The van der Waals surface area contributed by atoms with Crippen LogP contribution in [0.1, 0.15) is 19.4 Å². The monoisotopic (exact) mass is 233 g/mol. The Morgan fingerprint density at radius 2 is 2.12 bits per heavy atom. The molecule has 0 aliphatic carbocycles. The fraction of sp³-hybridized carbons (Fsp3) is 0.385. The lowest BCUT2D eigenvalue weighted by atomic mass is 9.94. The number of hydrogen-bond donors (Lipinski definition) is 0. The van der Waals surface area contributed by atoms with Crippen LogP contribution in [-0.4, -0.2) is 24.4 Å². The van der Waals surface area contributed by atoms with Crippen molar-refractivity contribution in [2.45, 2.75) is 20.0 Å². The largest absolute Gasteiger partial charge is 0.463 e. The molecule has 1 aromatic rings. The molecule has 0 spiro atoms. The van der Waals surface area contributed by atoms with Crippen molar-refractivity contribution >= 4 is 11.7 Å². The second kappa shape index (κ2) is 4.99. The highest BCUT2D eigenvalue weighted by Crippen LogP contribution is 2.23. The van der Waals surface area contributed by atoms with Crippen molar-refractivity contribution in [2.24, 2.45) is 11.1 Å². The van der Waals surface area contributed by atoms with Crippen molar-refractivity contribution in [3.63, 3.8) is 0 Å². The van der Waals surface area contributed by atoms with Gasteiger partial charge in [-0.3, -0.25) is 0 Å². The number of ether oxygens (including phenoxy) is 1. The van der Waals surface area contributed by atoms with Crippen LogP contribution >= 0.6 is 0 Å². The molecule has 0 saturated carbocycles. The molecule has 0 unspecified atom stereocenters. The Kier molecular flexibility index (Phi) is 3.42. The Morgan fingerprint density at radius 3 is 2.76 bits per heavy atom. The average molecular weight is 233 g/mol. The molecule has 0 radical (unpaired) electrons. The van der Waals surface area contributed by atoms with E-state index in [1.807, 2.05) is 37.3 Å². The number of carbonyl (C=O) groups excluding carboxylic acids is 1. The van der Waals surface area contributed by atoms with Gasteiger partial charge in [-0.2, -0.15) is 0 Å². The minimum atomic E-state index is -0.620. The summed E-state index contributed by atoms with van der Waals surface area (Å²) in [5, 5.41) is 3.99. The molecule has 2 rings (SSSR count). The smallest absolute Gasteiger partial charge is 0.350 e. The lowest BCUT2D eigenvalue weighted by molar-refractivity contribution is -0.156. The molecule has 1 aliphatic rings. The summed E-state index contributed by atoms with van der Waals surface area (Å²) in [4.78, 5) is 16.8. The first-order valence-corrected chi connectivity index (χ1v) is 5.69. The number of hydrogen-bond acceptors (Lipinski definition) is 4. The van der Waals surface area contributed by atoms with Gasteiger partial charge in [0.1, 0.15) is 0 Å². The molecule has 90 valence electrons. The van der Waals surface area contributed by atoms with E-state index in [1.54, 1.807) is 6.92 Å². The molecule has 0 N–H and O–H groups in total. The van der Waals surface area contributed by atoms with Gasteiger partial charge in [-0.25, -0.2) is 4.79 Å². The summed E-state index contributed by atoms with van der Waals surface area (Å²) < 4.78 is 4.94. The number of nitrogens with zero attached hydrogens (tertiary/aromatic N) is 1. The van der Waals surface area contributed by atoms with Crippen LogP contribution in [0, 0.1) is 5.92 Å². The SMILES string of the molecule is CCOC(=O)[C@@H]1ON=C(c2ccccc2)[C@H]1C. The zero-order valence-electron chi connectivity index (χ0n) is 9.92. The second-order valence-corrected chi connectivity index (χ2v) is 3.91. The highest BCUT2D eigenvalue weighted by Gasteiger charge is 2.37. The molecular weight excluding hydrogens is 218 g/mol. The van der Waals surface area contributed by atoms with E-state index in [1.165, 1.54) is 0 Å². The Balaban J connectivity index is 2.12. The maximum Gasteiger partial charge on any atom is 0.350 e. The van der Waals surface area contributed by atoms with Crippen LogP contribution < -0.4 is 0 Å². The Bertz CT molecular complexity index is 428. The van der Waals surface area contributed by atoms with Gasteiger partial charge in [-0.05, 0) is 12.5 Å². The quantitative estimate of drug-likeness (QED) is 0.750. The van der Waals surface area contributed by atoms with E-state index in [0.717, 1.165) is 11.3 Å². The third-order valence-corrected chi connectivity index (χ3v) is 2.74. The van der Waals surface area contributed by atoms with E-state index in [9.17, 15) is 4.79 Å². The summed E-state index contributed by atoms with van der Waals surface area (Å²) in [5.41, 5.74) is 1.77. The summed E-state index contributed by atoms with van der Waals surface area (Å²) in [6.45, 7) is 4.04. The van der Waals surface area contributed by atoms with Crippen LogP contribution in [-0.2, 0) is 14.4 Å². The Hall–Kier alpha value is -1.84. The number of esters is 1. The van der Waals surface area contributed by atoms with E-state index >= 15 is 0 Å². The molecule has 1 aliphatic heterocycles. The van der Waals surface area contributed by atoms with Crippen molar-refractivity contribution in [2.75, 3.05) is 6.61 Å². The van der Waals surface area contributed by atoms with Gasteiger partial charge in [-0.15, -0.1) is 0 Å². The summed E-state index contributed by atoms with van der Waals surface area (Å²) in [5.74, 6) is -0.439. The molecule has 0 fully saturated rings. The van der Waals surface area contributed by atoms with Gasteiger partial charge >= 0.3 is 5.97 Å². The molecule has 0 amide bonds. The van der Waals surface area contributed by atoms with E-state index in [-0.39, 0.29) is 11.9 Å². The van der Waals surface area contributed by atoms with Crippen LogP contribution in [0.2, 0.25) is 0 Å². The topological polar surface area (TPSA) is 47.9 Å². The van der Waals surface area contributed by atoms with E-state index < -0.39 is 6.10 Å². The molecule has 1 heterocycles. The van der Waals surface area contributed by atoms with Crippen LogP contribution in [0.15, 0.2) is 35.5 Å². The van der Waals surface area contributed by atoms with Crippen molar-refractivity contribution in [3.8, 4) is 0 Å². The second-order valence-electron chi connectivity index (χ2n) is 3.91. The lowest BCUT2D eigenvalue weighted by Gasteiger charge is -2.12. The van der Waals surface area contributed by atoms with Crippen LogP contribution in [0.3, 0.4) is 0 Å². The van der Waals surface area contributed by atoms with Gasteiger partial charge in [0, 0.05) is 0 Å². The molecule has 4 nitrogen and oxygen atoms in total. The molecule has 0 saturated heterocycles. The van der Waals surface area contributed by atoms with Gasteiger partial charge in [0.25, 0.3) is 0 Å². The highest BCUT2D eigenvalue weighted by molar-refractivity contribution is 6.05. The van der Waals surface area contributed by atoms with Crippen LogP contribution in [0.25, 0.3) is 0 Å². The van der Waals surface area contributed by atoms with Gasteiger partial charge < -0.3 is 9.57 Å². The normalized spacial score (nSPS) is 22.8. The fourth-order valence-electron chi connectivity index (χ4n) is 1.83. The zero-order chi connectivity index (χ0) is 12.3. The maximum absolute atomic E-state index is 11.6. The third-order valence-electron chi connectivity index (χ3n) is 2.74. The van der Waals surface area contributed by atoms with E-state index in [0.29, 0.717) is 6.61 Å². The fourth-order valence-corrected chi connectivity index (χ4v) is 1.83.